The third-order valence-corrected chi connectivity index (χ3v) is 11.1. The molecule has 2 aliphatic heterocycles. The molecule has 2 N–H and O–H groups in total. The average Bonchev–Trinajstić information content (AvgIpc) is 3.74. The second-order valence-electron chi connectivity index (χ2n) is 15.9. The van der Waals surface area contributed by atoms with Crippen molar-refractivity contribution in [3.63, 3.8) is 0 Å². The van der Waals surface area contributed by atoms with Crippen molar-refractivity contribution in [3.8, 4) is 11.4 Å². The lowest BCUT2D eigenvalue weighted by atomic mass is 9.85. The summed E-state index contributed by atoms with van der Waals surface area (Å²) in [4.78, 5) is 18.4. The first kappa shape index (κ1) is 35.1. The Bertz CT molecular complexity index is 2100. The van der Waals surface area contributed by atoms with Crippen molar-refractivity contribution in [2.45, 2.75) is 96.2 Å². The van der Waals surface area contributed by atoms with Crippen LogP contribution in [0.25, 0.3) is 11.3 Å². The SMILES string of the molecule is CC1CCCCN1c1nnc2ccc(O[C@@H]3CC[C@H](NC(=O)Nc4cc(C(C)(C)C)nn4-c4ccc(F)c(CCN5CCC5)c4)c4ccccc43)cn12. The van der Waals surface area contributed by atoms with Crippen molar-refractivity contribution < 1.29 is 13.9 Å². The maximum atomic E-state index is 14.9. The van der Waals surface area contributed by atoms with Crippen LogP contribution in [-0.4, -0.2) is 67.5 Å². The Hall–Kier alpha value is -4.97. The number of hydrogen-bond acceptors (Lipinski definition) is 7. The average molecular weight is 720 g/mol. The number of pyridine rings is 1. The van der Waals surface area contributed by atoms with Crippen molar-refractivity contribution >= 4 is 23.4 Å². The second kappa shape index (κ2) is 14.5. The van der Waals surface area contributed by atoms with E-state index in [2.05, 4.69) is 70.5 Å². The molecule has 12 heteroatoms. The van der Waals surface area contributed by atoms with Gasteiger partial charge in [0.15, 0.2) is 5.65 Å². The molecule has 2 amide bonds. The number of piperidine rings is 1. The molecule has 5 heterocycles. The van der Waals surface area contributed by atoms with E-state index in [0.717, 1.165) is 79.6 Å². The monoisotopic (exact) mass is 719 g/mol. The fourth-order valence-corrected chi connectivity index (χ4v) is 7.82. The number of carbonyl (C=O) groups is 1. The smallest absolute Gasteiger partial charge is 0.320 e. The van der Waals surface area contributed by atoms with Gasteiger partial charge < -0.3 is 19.9 Å². The van der Waals surface area contributed by atoms with Gasteiger partial charge in [-0.05, 0) is 112 Å². The Balaban J connectivity index is 0.991. The predicted octanol–water partition coefficient (Wildman–Crippen LogP) is 7.76. The van der Waals surface area contributed by atoms with Gasteiger partial charge in [0.05, 0.1) is 23.6 Å². The summed E-state index contributed by atoms with van der Waals surface area (Å²) in [5, 5.41) is 20.2. The van der Waals surface area contributed by atoms with Crippen molar-refractivity contribution in [1.82, 2.24) is 34.6 Å². The topological polar surface area (TPSA) is 105 Å². The maximum absolute atomic E-state index is 14.9. The molecule has 0 bridgehead atoms. The van der Waals surface area contributed by atoms with E-state index in [1.54, 1.807) is 10.7 Å². The van der Waals surface area contributed by atoms with Gasteiger partial charge in [-0.15, -0.1) is 10.2 Å². The maximum Gasteiger partial charge on any atom is 0.320 e. The molecule has 11 nitrogen and oxygen atoms in total. The van der Waals surface area contributed by atoms with Crippen LogP contribution in [0.4, 0.5) is 21.0 Å². The molecule has 1 aliphatic carbocycles. The number of hydrogen-bond donors (Lipinski definition) is 2. The molecule has 3 aromatic heterocycles. The van der Waals surface area contributed by atoms with Gasteiger partial charge in [-0.1, -0.05) is 45.0 Å². The zero-order valence-corrected chi connectivity index (χ0v) is 31.2. The van der Waals surface area contributed by atoms with E-state index < -0.39 is 0 Å². The molecule has 2 saturated heterocycles. The minimum absolute atomic E-state index is 0.178. The Labute approximate surface area is 310 Å². The zero-order chi connectivity index (χ0) is 36.7. The van der Waals surface area contributed by atoms with Crippen LogP contribution in [0.3, 0.4) is 0 Å². The molecule has 2 fully saturated rings. The third kappa shape index (κ3) is 7.33. The predicted molar refractivity (Wildman–Crippen MR) is 205 cm³/mol. The molecule has 2 aromatic carbocycles. The highest BCUT2D eigenvalue weighted by atomic mass is 19.1. The lowest BCUT2D eigenvalue weighted by Crippen LogP contribution is -2.38. The summed E-state index contributed by atoms with van der Waals surface area (Å²) in [6.45, 7) is 12.4. The van der Waals surface area contributed by atoms with E-state index in [-0.39, 0.29) is 29.4 Å². The summed E-state index contributed by atoms with van der Waals surface area (Å²) in [6, 6.07) is 18.9. The van der Waals surface area contributed by atoms with Crippen LogP contribution < -0.4 is 20.3 Å². The van der Waals surface area contributed by atoms with E-state index in [1.807, 2.05) is 47.0 Å². The lowest BCUT2D eigenvalue weighted by Gasteiger charge is -2.33. The highest BCUT2D eigenvalue weighted by molar-refractivity contribution is 5.89. The summed E-state index contributed by atoms with van der Waals surface area (Å²) < 4.78 is 25.3. The highest BCUT2D eigenvalue weighted by Gasteiger charge is 2.31. The van der Waals surface area contributed by atoms with Gasteiger partial charge in [-0.25, -0.2) is 13.9 Å². The number of anilines is 2. The molecule has 278 valence electrons. The van der Waals surface area contributed by atoms with Gasteiger partial charge in [0.2, 0.25) is 5.95 Å². The van der Waals surface area contributed by atoms with Crippen LogP contribution in [0.15, 0.2) is 66.9 Å². The molecule has 0 saturated carbocycles. The second-order valence-corrected chi connectivity index (χ2v) is 15.9. The first-order chi connectivity index (χ1) is 25.6. The highest BCUT2D eigenvalue weighted by Crippen LogP contribution is 2.39. The van der Waals surface area contributed by atoms with Crippen molar-refractivity contribution in [3.05, 3.63) is 95.1 Å². The number of urea groups is 1. The van der Waals surface area contributed by atoms with Crippen LogP contribution in [0.2, 0.25) is 0 Å². The number of nitrogens with one attached hydrogen (secondary N) is 2. The number of aromatic nitrogens is 5. The summed E-state index contributed by atoms with van der Waals surface area (Å²) >= 11 is 0. The fraction of sp³-hybridized carbons (Fsp3) is 0.463. The summed E-state index contributed by atoms with van der Waals surface area (Å²) in [5.74, 6) is 1.91. The zero-order valence-electron chi connectivity index (χ0n) is 31.2. The van der Waals surface area contributed by atoms with Gasteiger partial charge in [0, 0.05) is 30.6 Å². The number of amides is 2. The quantitative estimate of drug-likeness (QED) is 0.161. The number of rotatable bonds is 9. The molecule has 8 rings (SSSR count). The molecule has 0 spiro atoms. The number of benzene rings is 2. The fourth-order valence-electron chi connectivity index (χ4n) is 7.82. The van der Waals surface area contributed by atoms with Crippen LogP contribution in [-0.2, 0) is 11.8 Å². The number of carbonyl (C=O) groups excluding carboxylic acids is 1. The molecular weight excluding hydrogens is 670 g/mol. The summed E-state index contributed by atoms with van der Waals surface area (Å²) in [6.07, 6.45) is 8.59. The van der Waals surface area contributed by atoms with Gasteiger partial charge in [-0.3, -0.25) is 9.72 Å². The van der Waals surface area contributed by atoms with Crippen molar-refractivity contribution in [2.24, 2.45) is 0 Å². The molecule has 53 heavy (non-hydrogen) atoms. The lowest BCUT2D eigenvalue weighted by molar-refractivity contribution is 0.171. The van der Waals surface area contributed by atoms with Gasteiger partial charge in [-0.2, -0.15) is 5.10 Å². The minimum Gasteiger partial charge on any atom is -0.484 e. The normalized spacial score (nSPS) is 20.5. The molecule has 3 aliphatic rings. The number of fused-ring (bicyclic) bond motifs is 2. The number of nitrogens with zero attached hydrogens (tertiary/aromatic N) is 7. The number of likely N-dealkylation sites (tertiary alicyclic amines) is 1. The molecule has 0 radical (unpaired) electrons. The van der Waals surface area contributed by atoms with Crippen LogP contribution in [0.5, 0.6) is 5.75 Å². The first-order valence-electron chi connectivity index (χ1n) is 19.2. The third-order valence-electron chi connectivity index (χ3n) is 11.1. The molecule has 3 atom stereocenters. The van der Waals surface area contributed by atoms with Crippen LogP contribution >= 0.6 is 0 Å². The van der Waals surface area contributed by atoms with Crippen LogP contribution in [0.1, 0.15) is 101 Å². The number of halogens is 1. The van der Waals surface area contributed by atoms with Gasteiger partial charge in [0.25, 0.3) is 0 Å². The van der Waals surface area contributed by atoms with E-state index in [0.29, 0.717) is 36.0 Å². The van der Waals surface area contributed by atoms with Crippen molar-refractivity contribution in [2.75, 3.05) is 36.4 Å². The molecule has 5 aromatic rings. The minimum atomic E-state index is -0.330. The largest absolute Gasteiger partial charge is 0.484 e. The van der Waals surface area contributed by atoms with E-state index >= 15 is 0 Å². The van der Waals surface area contributed by atoms with Gasteiger partial charge >= 0.3 is 6.03 Å². The van der Waals surface area contributed by atoms with Gasteiger partial charge in [0.1, 0.15) is 23.5 Å². The Morgan fingerprint density at radius 1 is 0.943 bits per heavy atom. The molecular formula is C41H50FN9O2. The standard InChI is InChI=1S/C41H50FN9O2/c1-27-10-7-8-22-49(27)40-46-45-37-18-14-30(26-50(37)40)53-35-17-16-34(31-11-5-6-12-32(31)35)43-39(52)44-38-25-36(41(2,3)4)47-51(38)29-13-15-33(42)28(24-29)19-23-48-20-9-21-48/h5-6,11-15,18,24-27,34-35H,7-10,16-17,19-23H2,1-4H3,(H2,43,44,52)/t27?,34-,35+/m0/s1. The Kier molecular flexibility index (Phi) is 9.57. The number of ether oxygens (including phenoxy) is 1. The molecule has 1 unspecified atom stereocenters. The van der Waals surface area contributed by atoms with E-state index in [4.69, 9.17) is 9.84 Å². The summed E-state index contributed by atoms with van der Waals surface area (Å²) in [5.41, 5.74) is 4.79. The van der Waals surface area contributed by atoms with Crippen molar-refractivity contribution in [1.29, 1.82) is 0 Å². The summed E-state index contributed by atoms with van der Waals surface area (Å²) in [7, 11) is 0. The Morgan fingerprint density at radius 3 is 2.55 bits per heavy atom. The Morgan fingerprint density at radius 2 is 1.77 bits per heavy atom. The van der Waals surface area contributed by atoms with E-state index in [1.165, 1.54) is 18.9 Å². The first-order valence-corrected chi connectivity index (χ1v) is 19.2. The van der Waals surface area contributed by atoms with Crippen LogP contribution in [0, 0.1) is 5.82 Å². The van der Waals surface area contributed by atoms with E-state index in [9.17, 15) is 9.18 Å².